The van der Waals surface area contributed by atoms with Crippen molar-refractivity contribution in [1.29, 1.82) is 0 Å². The number of hydrogen-bond acceptors (Lipinski definition) is 5. The summed E-state index contributed by atoms with van der Waals surface area (Å²) in [6.45, 7) is 3.80. The summed E-state index contributed by atoms with van der Waals surface area (Å²) in [7, 11) is -3.46. The third-order valence-electron chi connectivity index (χ3n) is 7.73. The number of ketones is 1. The predicted octanol–water partition coefficient (Wildman–Crippen LogP) is 5.61. The SMILES string of the molecule is CC1CCC([C@H](CC(=O)c2cccc(NS(C)(=O)=O)c2)C(=O)Nc2ccc(C3CCOCC3)cc2)CC1. The Bertz CT molecular complexity index is 1180. The molecule has 0 unspecified atom stereocenters. The lowest BCUT2D eigenvalue weighted by atomic mass is 9.74. The van der Waals surface area contributed by atoms with Gasteiger partial charge in [0.25, 0.3) is 0 Å². The van der Waals surface area contributed by atoms with E-state index in [-0.39, 0.29) is 24.0 Å². The minimum Gasteiger partial charge on any atom is -0.381 e. The summed E-state index contributed by atoms with van der Waals surface area (Å²) in [5.41, 5.74) is 2.74. The van der Waals surface area contributed by atoms with E-state index in [0.29, 0.717) is 23.1 Å². The molecule has 0 aromatic heterocycles. The van der Waals surface area contributed by atoms with Crippen molar-refractivity contribution in [1.82, 2.24) is 0 Å². The summed E-state index contributed by atoms with van der Waals surface area (Å²) < 4.78 is 31.1. The van der Waals surface area contributed by atoms with Gasteiger partial charge >= 0.3 is 0 Å². The Kier molecular flexibility index (Phi) is 9.03. The number of anilines is 2. The molecule has 4 rings (SSSR count). The summed E-state index contributed by atoms with van der Waals surface area (Å²) in [5, 5.41) is 3.07. The molecule has 2 aromatic carbocycles. The molecule has 0 spiro atoms. The maximum absolute atomic E-state index is 13.5. The van der Waals surface area contributed by atoms with Crippen LogP contribution in [0.2, 0.25) is 0 Å². The lowest BCUT2D eigenvalue weighted by molar-refractivity contribution is -0.122. The standard InChI is InChI=1S/C29H38N2O5S/c1-20-6-8-23(9-7-20)27(19-28(32)24-4-3-5-26(18-24)31-37(2,34)35)29(33)30-25-12-10-21(11-13-25)22-14-16-36-17-15-22/h3-5,10-13,18,20,22-23,27,31H,6-9,14-17,19H2,1-2H3,(H,30,33)/t20?,23?,27-/m0/s1. The van der Waals surface area contributed by atoms with Crippen LogP contribution in [0.5, 0.6) is 0 Å². The Hall–Kier alpha value is -2.71. The zero-order valence-corrected chi connectivity index (χ0v) is 22.6. The monoisotopic (exact) mass is 526 g/mol. The first-order valence-corrected chi connectivity index (χ1v) is 15.2. The van der Waals surface area contributed by atoms with Crippen LogP contribution in [0.25, 0.3) is 0 Å². The third-order valence-corrected chi connectivity index (χ3v) is 8.34. The van der Waals surface area contributed by atoms with E-state index >= 15 is 0 Å². The van der Waals surface area contributed by atoms with Gasteiger partial charge in [0.05, 0.1) is 6.26 Å². The van der Waals surface area contributed by atoms with Crippen molar-refractivity contribution < 1.29 is 22.7 Å². The van der Waals surface area contributed by atoms with Crippen molar-refractivity contribution in [2.75, 3.05) is 29.5 Å². The molecule has 1 heterocycles. The van der Waals surface area contributed by atoms with Gasteiger partial charge in [-0.15, -0.1) is 0 Å². The van der Waals surface area contributed by atoms with Gasteiger partial charge in [-0.25, -0.2) is 8.42 Å². The zero-order chi connectivity index (χ0) is 26.4. The highest BCUT2D eigenvalue weighted by atomic mass is 32.2. The van der Waals surface area contributed by atoms with Crippen LogP contribution < -0.4 is 10.0 Å². The molecule has 2 aliphatic rings. The van der Waals surface area contributed by atoms with Gasteiger partial charge in [0.15, 0.2) is 5.78 Å². The number of hydrogen-bond donors (Lipinski definition) is 2. The van der Waals surface area contributed by atoms with Gasteiger partial charge < -0.3 is 10.1 Å². The van der Waals surface area contributed by atoms with Crippen molar-refractivity contribution in [2.45, 2.75) is 57.8 Å². The molecule has 0 radical (unpaired) electrons. The molecule has 7 nitrogen and oxygen atoms in total. The highest BCUT2D eigenvalue weighted by molar-refractivity contribution is 7.92. The van der Waals surface area contributed by atoms with E-state index < -0.39 is 15.9 Å². The molecule has 1 aliphatic heterocycles. The van der Waals surface area contributed by atoms with Gasteiger partial charge in [-0.2, -0.15) is 0 Å². The lowest BCUT2D eigenvalue weighted by Crippen LogP contribution is -2.33. The number of ether oxygens (including phenoxy) is 1. The number of sulfonamides is 1. The molecular weight excluding hydrogens is 488 g/mol. The van der Waals surface area contributed by atoms with Crippen LogP contribution in [0.4, 0.5) is 11.4 Å². The molecule has 0 bridgehead atoms. The Morgan fingerprint density at radius 3 is 2.27 bits per heavy atom. The highest BCUT2D eigenvalue weighted by Crippen LogP contribution is 2.36. The minimum atomic E-state index is -3.46. The molecule has 1 amide bonds. The summed E-state index contributed by atoms with van der Waals surface area (Å²) >= 11 is 0. The molecule has 1 saturated carbocycles. The summed E-state index contributed by atoms with van der Waals surface area (Å²) in [6, 6.07) is 14.5. The molecular formula is C29H38N2O5S. The van der Waals surface area contributed by atoms with Crippen LogP contribution in [-0.4, -0.2) is 39.6 Å². The third kappa shape index (κ3) is 7.89. The molecule has 1 saturated heterocycles. The van der Waals surface area contributed by atoms with E-state index in [2.05, 4.69) is 29.1 Å². The van der Waals surface area contributed by atoms with E-state index in [9.17, 15) is 18.0 Å². The second-order valence-corrected chi connectivity index (χ2v) is 12.5. The number of amides is 1. The zero-order valence-electron chi connectivity index (χ0n) is 21.7. The predicted molar refractivity (Wildman–Crippen MR) is 146 cm³/mol. The van der Waals surface area contributed by atoms with E-state index in [1.54, 1.807) is 18.2 Å². The largest absolute Gasteiger partial charge is 0.381 e. The van der Waals surface area contributed by atoms with Gasteiger partial charge in [-0.3, -0.25) is 14.3 Å². The van der Waals surface area contributed by atoms with Crippen LogP contribution >= 0.6 is 0 Å². The Morgan fingerprint density at radius 2 is 1.62 bits per heavy atom. The van der Waals surface area contributed by atoms with Crippen molar-refractivity contribution in [3.05, 3.63) is 59.7 Å². The Balaban J connectivity index is 1.47. The topological polar surface area (TPSA) is 102 Å². The molecule has 1 aliphatic carbocycles. The molecule has 2 aromatic rings. The van der Waals surface area contributed by atoms with Gasteiger partial charge in [0, 0.05) is 42.5 Å². The number of nitrogens with one attached hydrogen (secondary N) is 2. The molecule has 2 fully saturated rings. The fourth-order valence-electron chi connectivity index (χ4n) is 5.55. The van der Waals surface area contributed by atoms with Gasteiger partial charge in [0.2, 0.25) is 15.9 Å². The fraction of sp³-hybridized carbons (Fsp3) is 0.517. The van der Waals surface area contributed by atoms with E-state index in [1.807, 2.05) is 12.1 Å². The molecule has 8 heteroatoms. The first-order valence-electron chi connectivity index (χ1n) is 13.3. The van der Waals surface area contributed by atoms with E-state index in [0.717, 1.165) is 63.7 Å². The normalized spacial score (nSPS) is 21.7. The van der Waals surface area contributed by atoms with E-state index in [1.165, 1.54) is 11.6 Å². The summed E-state index contributed by atoms with van der Waals surface area (Å²) in [4.78, 5) is 26.8. The quantitative estimate of drug-likeness (QED) is 0.414. The molecule has 2 N–H and O–H groups in total. The van der Waals surface area contributed by atoms with Crippen molar-refractivity contribution in [3.63, 3.8) is 0 Å². The second-order valence-electron chi connectivity index (χ2n) is 10.7. The van der Waals surface area contributed by atoms with Crippen molar-refractivity contribution >= 4 is 33.1 Å². The summed E-state index contributed by atoms with van der Waals surface area (Å²) in [6.07, 6.45) is 7.13. The minimum absolute atomic E-state index is 0.0906. The average molecular weight is 527 g/mol. The van der Waals surface area contributed by atoms with Gasteiger partial charge in [-0.1, -0.05) is 44.0 Å². The van der Waals surface area contributed by atoms with E-state index in [4.69, 9.17) is 4.74 Å². The Morgan fingerprint density at radius 1 is 0.946 bits per heavy atom. The second kappa shape index (κ2) is 12.2. The lowest BCUT2D eigenvalue weighted by Gasteiger charge is -2.32. The molecule has 37 heavy (non-hydrogen) atoms. The molecule has 1 atom stereocenters. The maximum Gasteiger partial charge on any atom is 0.229 e. The number of carbonyl (C=O) groups excluding carboxylic acids is 2. The average Bonchev–Trinajstić information content (AvgIpc) is 2.88. The number of Topliss-reactive ketones (excluding diaryl/α,β-unsaturated/α-hetero) is 1. The number of benzene rings is 2. The maximum atomic E-state index is 13.5. The van der Waals surface area contributed by atoms with Crippen LogP contribution in [-0.2, 0) is 19.6 Å². The molecule has 200 valence electrons. The van der Waals surface area contributed by atoms with Crippen LogP contribution in [0.3, 0.4) is 0 Å². The first kappa shape index (κ1) is 27.3. The smallest absolute Gasteiger partial charge is 0.229 e. The van der Waals surface area contributed by atoms with Crippen LogP contribution in [0.15, 0.2) is 48.5 Å². The van der Waals surface area contributed by atoms with Gasteiger partial charge in [-0.05, 0) is 73.3 Å². The van der Waals surface area contributed by atoms with Gasteiger partial charge in [0.1, 0.15) is 0 Å². The highest BCUT2D eigenvalue weighted by Gasteiger charge is 2.33. The summed E-state index contributed by atoms with van der Waals surface area (Å²) in [5.74, 6) is 0.525. The van der Waals surface area contributed by atoms with Crippen molar-refractivity contribution in [3.8, 4) is 0 Å². The fourth-order valence-corrected chi connectivity index (χ4v) is 6.11. The van der Waals surface area contributed by atoms with Crippen LogP contribution in [0.1, 0.15) is 73.7 Å². The first-order chi connectivity index (χ1) is 17.7. The van der Waals surface area contributed by atoms with Crippen molar-refractivity contribution in [2.24, 2.45) is 17.8 Å². The Labute approximate surface area is 220 Å². The number of rotatable bonds is 9. The number of carbonyl (C=O) groups is 2. The van der Waals surface area contributed by atoms with Crippen LogP contribution in [0, 0.1) is 17.8 Å².